The van der Waals surface area contributed by atoms with Crippen molar-refractivity contribution >= 4 is 23.5 Å². The van der Waals surface area contributed by atoms with Gasteiger partial charge in [-0.05, 0) is 24.0 Å². The molecule has 2 atom stereocenters. The van der Waals surface area contributed by atoms with Gasteiger partial charge < -0.3 is 16.0 Å². The topological polar surface area (TPSA) is 110 Å². The number of nitrogens with one attached hydrogen (secondary N) is 1. The second-order valence-electron chi connectivity index (χ2n) is 7.39. The lowest BCUT2D eigenvalue weighted by Gasteiger charge is -2.35. The lowest BCUT2D eigenvalue weighted by molar-refractivity contribution is -0.145. The van der Waals surface area contributed by atoms with Gasteiger partial charge in [0.2, 0.25) is 17.6 Å². The Kier molecular flexibility index (Phi) is 6.95. The average molecular weight is 407 g/mol. The highest BCUT2D eigenvalue weighted by Crippen LogP contribution is 2.21. The summed E-state index contributed by atoms with van der Waals surface area (Å²) in [5.41, 5.74) is 6.90. The van der Waals surface area contributed by atoms with Crippen LogP contribution in [-0.2, 0) is 32.1 Å². The van der Waals surface area contributed by atoms with Gasteiger partial charge in [0.25, 0.3) is 5.91 Å². The minimum absolute atomic E-state index is 0.105. The lowest BCUT2D eigenvalue weighted by Crippen LogP contribution is -2.56. The van der Waals surface area contributed by atoms with Crippen LogP contribution in [0.1, 0.15) is 30.4 Å². The lowest BCUT2D eigenvalue weighted by atomic mass is 9.97. The standard InChI is InChI=1S/C23H25N3O4/c24-22(29)21(28)18(14-16-8-3-1-4-9-16)25-23(30)19-12-7-13-20(27)26(19)15-17-10-5-2-6-11-17/h1-6,8-11,18-19H,7,12-15H2,(H2,24,29)(H,25,30)/t18?,19-/m1/s1. The molecule has 0 radical (unpaired) electrons. The number of rotatable bonds is 8. The minimum atomic E-state index is -1.10. The number of nitrogens with zero attached hydrogens (tertiary/aromatic N) is 1. The highest BCUT2D eigenvalue weighted by Gasteiger charge is 2.35. The predicted octanol–water partition coefficient (Wildman–Crippen LogP) is 1.35. The largest absolute Gasteiger partial charge is 0.363 e. The quantitative estimate of drug-likeness (QED) is 0.644. The van der Waals surface area contributed by atoms with Crippen molar-refractivity contribution in [2.45, 2.75) is 44.3 Å². The number of carbonyl (C=O) groups is 4. The van der Waals surface area contributed by atoms with Gasteiger partial charge in [0.05, 0.1) is 0 Å². The van der Waals surface area contributed by atoms with Crippen LogP contribution in [0.15, 0.2) is 60.7 Å². The van der Waals surface area contributed by atoms with E-state index < -0.39 is 29.7 Å². The molecule has 1 aliphatic rings. The van der Waals surface area contributed by atoms with Crippen LogP contribution in [0.5, 0.6) is 0 Å². The maximum Gasteiger partial charge on any atom is 0.287 e. The molecule has 0 spiro atoms. The molecule has 0 saturated carbocycles. The van der Waals surface area contributed by atoms with Crippen molar-refractivity contribution in [1.29, 1.82) is 0 Å². The van der Waals surface area contributed by atoms with Gasteiger partial charge in [-0.3, -0.25) is 19.2 Å². The zero-order valence-electron chi connectivity index (χ0n) is 16.6. The summed E-state index contributed by atoms with van der Waals surface area (Å²) in [4.78, 5) is 51.0. The third kappa shape index (κ3) is 5.31. The number of primary amides is 1. The summed E-state index contributed by atoms with van der Waals surface area (Å²) in [6.45, 7) is 0.310. The molecule has 30 heavy (non-hydrogen) atoms. The second-order valence-corrected chi connectivity index (χ2v) is 7.39. The number of piperidine rings is 1. The normalized spacial score (nSPS) is 17.3. The molecule has 7 heteroatoms. The van der Waals surface area contributed by atoms with Gasteiger partial charge >= 0.3 is 0 Å². The van der Waals surface area contributed by atoms with Crippen molar-refractivity contribution in [2.75, 3.05) is 0 Å². The molecule has 7 nitrogen and oxygen atoms in total. The molecule has 3 amide bonds. The first-order valence-electron chi connectivity index (χ1n) is 9.97. The van der Waals surface area contributed by atoms with Crippen molar-refractivity contribution in [3.63, 3.8) is 0 Å². The molecule has 2 aromatic carbocycles. The van der Waals surface area contributed by atoms with Crippen LogP contribution < -0.4 is 11.1 Å². The summed E-state index contributed by atoms with van der Waals surface area (Å²) in [5.74, 6) is -2.51. The molecule has 0 aliphatic carbocycles. The van der Waals surface area contributed by atoms with Crippen molar-refractivity contribution < 1.29 is 19.2 Å². The number of hydrogen-bond donors (Lipinski definition) is 2. The average Bonchev–Trinajstić information content (AvgIpc) is 2.75. The Morgan fingerprint density at radius 1 is 1.00 bits per heavy atom. The minimum Gasteiger partial charge on any atom is -0.363 e. The van der Waals surface area contributed by atoms with E-state index in [9.17, 15) is 19.2 Å². The van der Waals surface area contributed by atoms with E-state index in [0.29, 0.717) is 25.8 Å². The van der Waals surface area contributed by atoms with Crippen LogP contribution in [-0.4, -0.2) is 40.5 Å². The van der Waals surface area contributed by atoms with Crippen LogP contribution in [0.25, 0.3) is 0 Å². The van der Waals surface area contributed by atoms with Crippen LogP contribution in [0.3, 0.4) is 0 Å². The Balaban J connectivity index is 1.77. The van der Waals surface area contributed by atoms with Gasteiger partial charge in [0, 0.05) is 19.4 Å². The maximum atomic E-state index is 13.1. The van der Waals surface area contributed by atoms with Crippen molar-refractivity contribution in [3.05, 3.63) is 71.8 Å². The number of nitrogens with two attached hydrogens (primary N) is 1. The Morgan fingerprint density at radius 3 is 2.20 bits per heavy atom. The van der Waals surface area contributed by atoms with E-state index in [0.717, 1.165) is 11.1 Å². The number of carbonyl (C=O) groups excluding carboxylic acids is 4. The number of benzene rings is 2. The SMILES string of the molecule is NC(=O)C(=O)C(Cc1ccccc1)NC(=O)[C@H]1CCCC(=O)N1Cc1ccccc1. The first-order chi connectivity index (χ1) is 14.5. The third-order valence-electron chi connectivity index (χ3n) is 5.22. The molecule has 0 bridgehead atoms. The smallest absolute Gasteiger partial charge is 0.287 e. The molecular weight excluding hydrogens is 382 g/mol. The van der Waals surface area contributed by atoms with Crippen molar-refractivity contribution in [3.8, 4) is 0 Å². The molecular formula is C23H25N3O4. The molecule has 0 aromatic heterocycles. The summed E-state index contributed by atoms with van der Waals surface area (Å²) >= 11 is 0. The maximum absolute atomic E-state index is 13.1. The molecule has 1 heterocycles. The van der Waals surface area contributed by atoms with Crippen LogP contribution in [0, 0.1) is 0 Å². The van der Waals surface area contributed by atoms with Crippen LogP contribution in [0.2, 0.25) is 0 Å². The van der Waals surface area contributed by atoms with E-state index in [-0.39, 0.29) is 12.3 Å². The molecule has 3 N–H and O–H groups in total. The molecule has 156 valence electrons. The summed E-state index contributed by atoms with van der Waals surface area (Å²) < 4.78 is 0. The Hall–Kier alpha value is -3.48. The fourth-order valence-corrected chi connectivity index (χ4v) is 3.67. The number of ketones is 1. The monoisotopic (exact) mass is 407 g/mol. The van der Waals surface area contributed by atoms with Crippen LogP contribution in [0.4, 0.5) is 0 Å². The first-order valence-corrected chi connectivity index (χ1v) is 9.97. The van der Waals surface area contributed by atoms with E-state index in [1.54, 1.807) is 17.0 Å². The number of hydrogen-bond acceptors (Lipinski definition) is 4. The third-order valence-corrected chi connectivity index (χ3v) is 5.22. The summed E-state index contributed by atoms with van der Waals surface area (Å²) in [6, 6.07) is 16.7. The summed E-state index contributed by atoms with van der Waals surface area (Å²) in [6.07, 6.45) is 1.61. The first kappa shape index (κ1) is 21.2. The summed E-state index contributed by atoms with van der Waals surface area (Å²) in [5, 5.41) is 2.67. The fraction of sp³-hybridized carbons (Fsp3) is 0.304. The number of likely N-dealkylation sites (tertiary alicyclic amines) is 1. The van der Waals surface area contributed by atoms with Crippen molar-refractivity contribution in [2.24, 2.45) is 5.73 Å². The molecule has 1 aliphatic heterocycles. The van der Waals surface area contributed by atoms with Gasteiger partial charge in [-0.25, -0.2) is 0 Å². The second kappa shape index (κ2) is 9.82. The Labute approximate surface area is 175 Å². The predicted molar refractivity (Wildman–Crippen MR) is 111 cm³/mol. The van der Waals surface area contributed by atoms with Crippen LogP contribution >= 0.6 is 0 Å². The molecule has 1 unspecified atom stereocenters. The van der Waals surface area contributed by atoms with Crippen molar-refractivity contribution in [1.82, 2.24) is 10.2 Å². The highest BCUT2D eigenvalue weighted by atomic mass is 16.2. The van der Waals surface area contributed by atoms with E-state index in [2.05, 4.69) is 5.32 Å². The Morgan fingerprint density at radius 2 is 1.60 bits per heavy atom. The molecule has 3 rings (SSSR count). The summed E-state index contributed by atoms with van der Waals surface area (Å²) in [7, 11) is 0. The van der Waals surface area contributed by atoms with Gasteiger partial charge in [0.1, 0.15) is 12.1 Å². The molecule has 1 saturated heterocycles. The zero-order valence-corrected chi connectivity index (χ0v) is 16.6. The number of amides is 3. The van der Waals surface area contributed by atoms with Gasteiger partial charge in [-0.15, -0.1) is 0 Å². The number of Topliss-reactive ketones (excluding diaryl/α,β-unsaturated/α-hetero) is 1. The fourth-order valence-electron chi connectivity index (χ4n) is 3.67. The molecule has 1 fully saturated rings. The van der Waals surface area contributed by atoms with E-state index in [4.69, 9.17) is 5.73 Å². The zero-order chi connectivity index (χ0) is 21.5. The van der Waals surface area contributed by atoms with Gasteiger partial charge in [-0.1, -0.05) is 60.7 Å². The molecule has 2 aromatic rings. The van der Waals surface area contributed by atoms with Gasteiger partial charge in [-0.2, -0.15) is 0 Å². The van der Waals surface area contributed by atoms with E-state index in [1.807, 2.05) is 48.5 Å². The highest BCUT2D eigenvalue weighted by molar-refractivity contribution is 6.37. The van der Waals surface area contributed by atoms with E-state index >= 15 is 0 Å². The van der Waals surface area contributed by atoms with Gasteiger partial charge in [0.15, 0.2) is 0 Å². The van der Waals surface area contributed by atoms with E-state index in [1.165, 1.54) is 0 Å². The Bertz CT molecular complexity index is 915.